The third kappa shape index (κ3) is 3.85. The van der Waals surface area contributed by atoms with Crippen LogP contribution in [-0.4, -0.2) is 16.3 Å². The molecular formula is C17H31N3. The molecule has 1 aliphatic rings. The van der Waals surface area contributed by atoms with Crippen molar-refractivity contribution < 1.29 is 0 Å². The van der Waals surface area contributed by atoms with E-state index in [-0.39, 0.29) is 0 Å². The number of aryl methyl sites for hydroxylation is 2. The van der Waals surface area contributed by atoms with Crippen LogP contribution in [0.5, 0.6) is 0 Å². The summed E-state index contributed by atoms with van der Waals surface area (Å²) in [6.45, 7) is 3.15. The van der Waals surface area contributed by atoms with Crippen molar-refractivity contribution in [3.63, 3.8) is 0 Å². The van der Waals surface area contributed by atoms with Gasteiger partial charge in [0.2, 0.25) is 0 Å². The second kappa shape index (κ2) is 7.26. The first-order valence-electron chi connectivity index (χ1n) is 8.36. The Hall–Kier alpha value is -0.830. The van der Waals surface area contributed by atoms with Crippen LogP contribution in [0.15, 0.2) is 12.3 Å². The van der Waals surface area contributed by atoms with Gasteiger partial charge in [-0.15, -0.1) is 0 Å². The zero-order chi connectivity index (χ0) is 14.4. The minimum absolute atomic E-state index is 0.396. The molecule has 1 saturated carbocycles. The van der Waals surface area contributed by atoms with Gasteiger partial charge >= 0.3 is 0 Å². The van der Waals surface area contributed by atoms with E-state index in [1.165, 1.54) is 57.1 Å². The molecule has 1 heterocycles. The Morgan fingerprint density at radius 3 is 2.70 bits per heavy atom. The molecule has 0 aromatic carbocycles. The smallest absolute Gasteiger partial charge is 0.0492 e. The molecule has 0 atom stereocenters. The van der Waals surface area contributed by atoms with E-state index in [9.17, 15) is 0 Å². The first-order chi connectivity index (χ1) is 9.69. The van der Waals surface area contributed by atoms with E-state index in [2.05, 4.69) is 18.1 Å². The van der Waals surface area contributed by atoms with Crippen molar-refractivity contribution in [1.29, 1.82) is 0 Å². The quantitative estimate of drug-likeness (QED) is 0.826. The van der Waals surface area contributed by atoms with E-state index in [4.69, 9.17) is 5.73 Å². The van der Waals surface area contributed by atoms with Gasteiger partial charge in [-0.05, 0) is 62.5 Å². The zero-order valence-corrected chi connectivity index (χ0v) is 13.3. The normalized spacial score (nSPS) is 26.9. The summed E-state index contributed by atoms with van der Waals surface area (Å²) in [5.41, 5.74) is 7.87. The maximum absolute atomic E-state index is 6.14. The largest absolute Gasteiger partial charge is 0.330 e. The molecule has 2 rings (SSSR count). The van der Waals surface area contributed by atoms with Gasteiger partial charge in [0.25, 0.3) is 0 Å². The molecule has 0 aliphatic heterocycles. The number of hydrogen-bond acceptors (Lipinski definition) is 2. The fraction of sp³-hybridized carbons (Fsp3) is 0.824. The summed E-state index contributed by atoms with van der Waals surface area (Å²) >= 11 is 0. The molecule has 1 aromatic heterocycles. The Bertz CT molecular complexity index is 389. The fourth-order valence-corrected chi connectivity index (χ4v) is 3.67. The molecule has 0 bridgehead atoms. The van der Waals surface area contributed by atoms with Crippen LogP contribution < -0.4 is 5.73 Å². The average Bonchev–Trinajstić information content (AvgIpc) is 2.89. The van der Waals surface area contributed by atoms with E-state index in [0.29, 0.717) is 5.41 Å². The highest BCUT2D eigenvalue weighted by Crippen LogP contribution is 2.42. The van der Waals surface area contributed by atoms with Crippen LogP contribution in [0.25, 0.3) is 0 Å². The molecule has 2 N–H and O–H groups in total. The maximum Gasteiger partial charge on any atom is 0.0492 e. The second-order valence-corrected chi connectivity index (χ2v) is 6.74. The lowest BCUT2D eigenvalue weighted by atomic mass is 9.67. The SMILES string of the molecule is CCCCC1CCC(CN)(CCc2ccnn2C)CC1. The Labute approximate surface area is 123 Å². The minimum atomic E-state index is 0.396. The van der Waals surface area contributed by atoms with E-state index in [0.717, 1.165) is 18.9 Å². The monoisotopic (exact) mass is 277 g/mol. The van der Waals surface area contributed by atoms with Crippen molar-refractivity contribution in [1.82, 2.24) is 9.78 Å². The van der Waals surface area contributed by atoms with Crippen molar-refractivity contribution in [3.05, 3.63) is 18.0 Å². The van der Waals surface area contributed by atoms with Gasteiger partial charge < -0.3 is 5.73 Å². The summed E-state index contributed by atoms with van der Waals surface area (Å²) in [5, 5.41) is 4.26. The van der Waals surface area contributed by atoms with E-state index in [1.807, 2.05) is 17.9 Å². The van der Waals surface area contributed by atoms with Gasteiger partial charge in [-0.25, -0.2) is 0 Å². The molecular weight excluding hydrogens is 246 g/mol. The van der Waals surface area contributed by atoms with Gasteiger partial charge in [0.05, 0.1) is 0 Å². The second-order valence-electron chi connectivity index (χ2n) is 6.74. The highest BCUT2D eigenvalue weighted by Gasteiger charge is 2.33. The van der Waals surface area contributed by atoms with Crippen LogP contribution in [0.2, 0.25) is 0 Å². The summed E-state index contributed by atoms with van der Waals surface area (Å²) in [7, 11) is 2.03. The molecule has 1 aliphatic carbocycles. The van der Waals surface area contributed by atoms with Crippen LogP contribution in [-0.2, 0) is 13.5 Å². The highest BCUT2D eigenvalue weighted by atomic mass is 15.2. The van der Waals surface area contributed by atoms with Crippen LogP contribution >= 0.6 is 0 Å². The van der Waals surface area contributed by atoms with Crippen LogP contribution in [0, 0.1) is 11.3 Å². The van der Waals surface area contributed by atoms with Crippen molar-refractivity contribution in [2.24, 2.45) is 24.1 Å². The summed E-state index contributed by atoms with van der Waals surface area (Å²) in [6, 6.07) is 2.14. The summed E-state index contributed by atoms with van der Waals surface area (Å²) in [6.07, 6.45) is 13.8. The molecule has 0 spiro atoms. The van der Waals surface area contributed by atoms with Gasteiger partial charge in [0, 0.05) is 18.9 Å². The molecule has 0 saturated heterocycles. The van der Waals surface area contributed by atoms with Gasteiger partial charge in [-0.3, -0.25) is 4.68 Å². The Morgan fingerprint density at radius 2 is 2.15 bits per heavy atom. The third-order valence-corrected chi connectivity index (χ3v) is 5.40. The predicted molar refractivity (Wildman–Crippen MR) is 84.5 cm³/mol. The van der Waals surface area contributed by atoms with Crippen molar-refractivity contribution >= 4 is 0 Å². The average molecular weight is 277 g/mol. The first-order valence-corrected chi connectivity index (χ1v) is 8.36. The number of nitrogens with two attached hydrogens (primary N) is 1. The van der Waals surface area contributed by atoms with Crippen molar-refractivity contribution in [2.75, 3.05) is 6.54 Å². The molecule has 0 radical (unpaired) electrons. The third-order valence-electron chi connectivity index (χ3n) is 5.40. The lowest BCUT2D eigenvalue weighted by Gasteiger charge is -2.39. The van der Waals surface area contributed by atoms with Gasteiger partial charge in [0.15, 0.2) is 0 Å². The lowest BCUT2D eigenvalue weighted by Crippen LogP contribution is -2.35. The molecule has 20 heavy (non-hydrogen) atoms. The minimum Gasteiger partial charge on any atom is -0.330 e. The Morgan fingerprint density at radius 1 is 1.40 bits per heavy atom. The molecule has 0 unspecified atom stereocenters. The highest BCUT2D eigenvalue weighted by molar-refractivity contribution is 5.01. The number of nitrogens with zero attached hydrogens (tertiary/aromatic N) is 2. The first kappa shape index (κ1) is 15.6. The lowest BCUT2D eigenvalue weighted by molar-refractivity contribution is 0.138. The van der Waals surface area contributed by atoms with Crippen molar-refractivity contribution in [3.8, 4) is 0 Å². The summed E-state index contributed by atoms with van der Waals surface area (Å²) in [4.78, 5) is 0. The molecule has 3 heteroatoms. The number of aromatic nitrogens is 2. The van der Waals surface area contributed by atoms with Crippen LogP contribution in [0.3, 0.4) is 0 Å². The number of rotatable bonds is 7. The van der Waals surface area contributed by atoms with E-state index < -0.39 is 0 Å². The molecule has 1 aromatic rings. The Kier molecular flexibility index (Phi) is 5.64. The van der Waals surface area contributed by atoms with E-state index in [1.54, 1.807) is 0 Å². The summed E-state index contributed by atoms with van der Waals surface area (Å²) < 4.78 is 2.00. The topological polar surface area (TPSA) is 43.8 Å². The number of unbranched alkanes of at least 4 members (excludes halogenated alkanes) is 1. The van der Waals surface area contributed by atoms with Crippen molar-refractivity contribution in [2.45, 2.75) is 64.7 Å². The van der Waals surface area contributed by atoms with E-state index >= 15 is 0 Å². The maximum atomic E-state index is 6.14. The standard InChI is InChI=1S/C17H31N3/c1-3-4-5-15-6-10-17(14-18,11-7-15)12-8-16-9-13-19-20(16)2/h9,13,15H,3-8,10-12,14,18H2,1-2H3. The van der Waals surface area contributed by atoms with Gasteiger partial charge in [0.1, 0.15) is 0 Å². The van der Waals surface area contributed by atoms with Gasteiger partial charge in [-0.1, -0.05) is 26.2 Å². The van der Waals surface area contributed by atoms with Crippen LogP contribution in [0.1, 0.15) is 64.0 Å². The van der Waals surface area contributed by atoms with Crippen LogP contribution in [0.4, 0.5) is 0 Å². The predicted octanol–water partition coefficient (Wildman–Crippen LogP) is 3.68. The fourth-order valence-electron chi connectivity index (χ4n) is 3.67. The zero-order valence-electron chi connectivity index (χ0n) is 13.3. The Balaban J connectivity index is 1.84. The number of hydrogen-bond donors (Lipinski definition) is 1. The molecule has 3 nitrogen and oxygen atoms in total. The molecule has 1 fully saturated rings. The van der Waals surface area contributed by atoms with Gasteiger partial charge in [-0.2, -0.15) is 5.10 Å². The molecule has 114 valence electrons. The molecule has 0 amide bonds. The summed E-state index contributed by atoms with van der Waals surface area (Å²) in [5.74, 6) is 0.964.